The number of aryl methyl sites for hydroxylation is 1. The minimum Gasteiger partial charge on any atom is -0.478 e. The van der Waals surface area contributed by atoms with Gasteiger partial charge in [0.25, 0.3) is 5.91 Å². The van der Waals surface area contributed by atoms with Crippen molar-refractivity contribution in [2.75, 3.05) is 5.32 Å². The van der Waals surface area contributed by atoms with Crippen LogP contribution in [0.5, 0.6) is 0 Å². The van der Waals surface area contributed by atoms with Crippen LogP contribution in [-0.4, -0.2) is 22.0 Å². The molecule has 0 unspecified atom stereocenters. The maximum absolute atomic E-state index is 12.1. The van der Waals surface area contributed by atoms with Crippen LogP contribution in [-0.2, 0) is 0 Å². The van der Waals surface area contributed by atoms with Gasteiger partial charge in [0.2, 0.25) is 0 Å². The Hall–Kier alpha value is -4.19. The van der Waals surface area contributed by atoms with Crippen LogP contribution < -0.4 is 11.1 Å². The molecule has 4 N–H and O–H groups in total. The molecule has 0 aliphatic rings. The van der Waals surface area contributed by atoms with Crippen molar-refractivity contribution in [3.8, 4) is 11.1 Å². The zero-order chi connectivity index (χ0) is 21.3. The fourth-order valence-corrected chi connectivity index (χ4v) is 3.37. The van der Waals surface area contributed by atoms with Crippen molar-refractivity contribution in [1.29, 1.82) is 0 Å². The van der Waals surface area contributed by atoms with Crippen LogP contribution in [0.25, 0.3) is 22.0 Å². The number of carboxylic acids is 1. The Bertz CT molecular complexity index is 1280. The SMILES string of the molecule is Cc1cccc(Nc2c(C(N)=O)cnc3ccc(-c4ccc(C(=O)O)cc4)cc23)c1. The molecule has 1 heterocycles. The van der Waals surface area contributed by atoms with Crippen LogP contribution in [0.4, 0.5) is 11.4 Å². The van der Waals surface area contributed by atoms with Gasteiger partial charge in [0.1, 0.15) is 0 Å². The van der Waals surface area contributed by atoms with E-state index >= 15 is 0 Å². The van der Waals surface area contributed by atoms with E-state index in [4.69, 9.17) is 10.8 Å². The minimum absolute atomic E-state index is 0.221. The number of aromatic nitrogens is 1. The van der Waals surface area contributed by atoms with Crippen molar-refractivity contribution in [2.24, 2.45) is 5.73 Å². The second kappa shape index (κ2) is 7.67. The van der Waals surface area contributed by atoms with Crippen molar-refractivity contribution < 1.29 is 14.7 Å². The average molecular weight is 397 g/mol. The molecule has 4 rings (SSSR count). The number of rotatable bonds is 5. The Morgan fingerprint density at radius 1 is 0.967 bits per heavy atom. The Kier molecular flexibility index (Phi) is 4.90. The van der Waals surface area contributed by atoms with E-state index in [1.165, 1.54) is 6.20 Å². The summed E-state index contributed by atoms with van der Waals surface area (Å²) in [6, 6.07) is 20.1. The summed E-state index contributed by atoms with van der Waals surface area (Å²) < 4.78 is 0. The van der Waals surface area contributed by atoms with Crippen molar-refractivity contribution >= 4 is 34.2 Å². The monoisotopic (exact) mass is 397 g/mol. The third-order valence-corrected chi connectivity index (χ3v) is 4.89. The van der Waals surface area contributed by atoms with Crippen LogP contribution >= 0.6 is 0 Å². The number of benzene rings is 3. The van der Waals surface area contributed by atoms with E-state index < -0.39 is 11.9 Å². The summed E-state index contributed by atoms with van der Waals surface area (Å²) in [5, 5.41) is 13.2. The normalized spacial score (nSPS) is 10.7. The van der Waals surface area contributed by atoms with Gasteiger partial charge in [-0.15, -0.1) is 0 Å². The van der Waals surface area contributed by atoms with Gasteiger partial charge in [0.15, 0.2) is 0 Å². The molecule has 0 spiro atoms. The molecule has 0 atom stereocenters. The predicted octanol–water partition coefficient (Wildman–Crippen LogP) is 4.75. The highest BCUT2D eigenvalue weighted by Gasteiger charge is 2.15. The number of nitrogens with one attached hydrogen (secondary N) is 1. The number of hydrogen-bond acceptors (Lipinski definition) is 4. The van der Waals surface area contributed by atoms with Gasteiger partial charge in [-0.1, -0.05) is 30.3 Å². The third kappa shape index (κ3) is 3.71. The van der Waals surface area contributed by atoms with Crippen molar-refractivity contribution in [3.63, 3.8) is 0 Å². The number of carbonyl (C=O) groups is 2. The first-order valence-corrected chi connectivity index (χ1v) is 9.32. The molecule has 1 amide bonds. The molecule has 30 heavy (non-hydrogen) atoms. The molecule has 0 saturated heterocycles. The molecule has 4 aromatic rings. The van der Waals surface area contributed by atoms with Crippen LogP contribution in [0, 0.1) is 6.92 Å². The lowest BCUT2D eigenvalue weighted by Crippen LogP contribution is -2.14. The predicted molar refractivity (Wildman–Crippen MR) is 117 cm³/mol. The number of hydrogen-bond donors (Lipinski definition) is 3. The highest BCUT2D eigenvalue weighted by molar-refractivity contribution is 6.08. The molecule has 0 saturated carbocycles. The second-order valence-electron chi connectivity index (χ2n) is 7.02. The fourth-order valence-electron chi connectivity index (χ4n) is 3.37. The molecule has 1 aromatic heterocycles. The summed E-state index contributed by atoms with van der Waals surface area (Å²) in [4.78, 5) is 27.5. The van der Waals surface area contributed by atoms with E-state index in [-0.39, 0.29) is 5.56 Å². The van der Waals surface area contributed by atoms with Crippen molar-refractivity contribution in [1.82, 2.24) is 4.98 Å². The molecule has 0 radical (unpaired) electrons. The molecule has 6 heteroatoms. The molecule has 0 fully saturated rings. The minimum atomic E-state index is -0.972. The first-order valence-electron chi connectivity index (χ1n) is 9.32. The number of primary amides is 1. The Balaban J connectivity index is 1.86. The molecule has 3 aromatic carbocycles. The quantitative estimate of drug-likeness (QED) is 0.451. The van der Waals surface area contributed by atoms with E-state index in [1.54, 1.807) is 24.3 Å². The molecule has 148 valence electrons. The van der Waals surface area contributed by atoms with Gasteiger partial charge < -0.3 is 16.2 Å². The van der Waals surface area contributed by atoms with Crippen LogP contribution in [0.1, 0.15) is 26.3 Å². The maximum atomic E-state index is 12.1. The van der Waals surface area contributed by atoms with E-state index in [0.717, 1.165) is 27.8 Å². The lowest BCUT2D eigenvalue weighted by Gasteiger charge is -2.14. The summed E-state index contributed by atoms with van der Waals surface area (Å²) in [6.45, 7) is 1.99. The zero-order valence-electron chi connectivity index (χ0n) is 16.2. The van der Waals surface area contributed by atoms with Crippen LogP contribution in [0.2, 0.25) is 0 Å². The van der Waals surface area contributed by atoms with Crippen LogP contribution in [0.3, 0.4) is 0 Å². The maximum Gasteiger partial charge on any atom is 0.335 e. The number of anilines is 2. The zero-order valence-corrected chi connectivity index (χ0v) is 16.2. The van der Waals surface area contributed by atoms with Gasteiger partial charge in [-0.25, -0.2) is 4.79 Å². The first-order chi connectivity index (χ1) is 14.4. The summed E-state index contributed by atoms with van der Waals surface area (Å²) in [5.74, 6) is -1.55. The summed E-state index contributed by atoms with van der Waals surface area (Å²) in [6.07, 6.45) is 1.48. The third-order valence-electron chi connectivity index (χ3n) is 4.89. The fraction of sp³-hybridized carbons (Fsp3) is 0.0417. The van der Waals surface area contributed by atoms with Gasteiger partial charge in [0.05, 0.1) is 22.3 Å². The van der Waals surface area contributed by atoms with Crippen molar-refractivity contribution in [2.45, 2.75) is 6.92 Å². The van der Waals surface area contributed by atoms with Gasteiger partial charge in [0, 0.05) is 17.3 Å². The number of carbonyl (C=O) groups excluding carboxylic acids is 1. The Labute approximate surface area is 173 Å². The molecular formula is C24H19N3O3. The number of fused-ring (bicyclic) bond motifs is 1. The number of pyridine rings is 1. The number of aromatic carboxylic acids is 1. The Morgan fingerprint density at radius 2 is 1.70 bits per heavy atom. The summed E-state index contributed by atoms with van der Waals surface area (Å²) in [7, 11) is 0. The summed E-state index contributed by atoms with van der Waals surface area (Å²) >= 11 is 0. The van der Waals surface area contributed by atoms with Gasteiger partial charge in [-0.2, -0.15) is 0 Å². The lowest BCUT2D eigenvalue weighted by molar-refractivity contribution is 0.0696. The van der Waals surface area contributed by atoms with Gasteiger partial charge in [-0.3, -0.25) is 9.78 Å². The molecule has 0 aliphatic heterocycles. The first kappa shape index (κ1) is 19.1. The molecule has 0 aliphatic carbocycles. The van der Waals surface area contributed by atoms with Gasteiger partial charge in [-0.05, 0) is 60.0 Å². The smallest absolute Gasteiger partial charge is 0.335 e. The average Bonchev–Trinajstić information content (AvgIpc) is 2.73. The van der Waals surface area contributed by atoms with E-state index in [1.807, 2.05) is 49.4 Å². The Morgan fingerprint density at radius 3 is 2.37 bits per heavy atom. The van der Waals surface area contributed by atoms with Crippen molar-refractivity contribution in [3.05, 3.63) is 89.6 Å². The summed E-state index contributed by atoms with van der Waals surface area (Å²) in [5.41, 5.74) is 11.1. The topological polar surface area (TPSA) is 105 Å². The second-order valence-corrected chi connectivity index (χ2v) is 7.02. The molecular weight excluding hydrogens is 378 g/mol. The standard InChI is InChI=1S/C24H19N3O3/c1-14-3-2-4-18(11-14)27-22-19-12-17(15-5-7-16(8-6-15)24(29)30)9-10-21(19)26-13-20(22)23(25)28/h2-13H,1H3,(H2,25,28)(H,26,27)(H,29,30). The van der Waals surface area contributed by atoms with E-state index in [0.29, 0.717) is 16.8 Å². The number of nitrogens with two attached hydrogens (primary N) is 1. The number of nitrogens with zero attached hydrogens (tertiary/aromatic N) is 1. The van der Waals surface area contributed by atoms with E-state index in [9.17, 15) is 9.59 Å². The highest BCUT2D eigenvalue weighted by atomic mass is 16.4. The highest BCUT2D eigenvalue weighted by Crippen LogP contribution is 2.32. The number of carboxylic acid groups (broad SMARTS) is 1. The molecule has 6 nitrogen and oxygen atoms in total. The van der Waals surface area contributed by atoms with E-state index in [2.05, 4.69) is 10.3 Å². The van der Waals surface area contributed by atoms with Gasteiger partial charge >= 0.3 is 5.97 Å². The largest absolute Gasteiger partial charge is 0.478 e. The number of amides is 1. The lowest BCUT2D eigenvalue weighted by atomic mass is 10.00. The molecule has 0 bridgehead atoms. The van der Waals surface area contributed by atoms with Crippen LogP contribution in [0.15, 0.2) is 72.9 Å².